The van der Waals surface area contributed by atoms with Crippen molar-refractivity contribution in [2.45, 2.75) is 118 Å². The fourth-order valence-corrected chi connectivity index (χ4v) is 10.1. The summed E-state index contributed by atoms with van der Waals surface area (Å²) in [5, 5.41) is 20.5. The highest BCUT2D eigenvalue weighted by Crippen LogP contribution is 2.70. The lowest BCUT2D eigenvalue weighted by molar-refractivity contribution is -0.147. The first-order valence-corrected chi connectivity index (χ1v) is 14.4. The van der Waals surface area contributed by atoms with Crippen LogP contribution in [0.3, 0.4) is 0 Å². The van der Waals surface area contributed by atoms with Gasteiger partial charge in [-0.2, -0.15) is 0 Å². The van der Waals surface area contributed by atoms with Crippen LogP contribution in [0.1, 0.15) is 99.8 Å². The standard InChI is InChI=1S/C30H50O4/c1-17(2)19(4)28(6)16-24(28)18(3)22-8-9-23(27(22,5)12-13-31)21-14-25-30(34-25)15-20(32)10-11-29(30,7)26(21)33/h17-25,31-32H,8-16H2,1-7H3/t18-,19+,20-,21-,22+,23-,24+,25-,27+,28-,29+,30-/m0/s1. The third kappa shape index (κ3) is 3.29. The number of ether oxygens (including phenoxy) is 1. The summed E-state index contributed by atoms with van der Waals surface area (Å²) in [5.74, 6) is 4.15. The van der Waals surface area contributed by atoms with Crippen LogP contribution < -0.4 is 0 Å². The summed E-state index contributed by atoms with van der Waals surface area (Å²) in [6.07, 6.45) is 7.10. The second kappa shape index (κ2) is 8.02. The van der Waals surface area contributed by atoms with E-state index in [2.05, 4.69) is 48.5 Å². The Labute approximate surface area is 207 Å². The molecule has 0 bridgehead atoms. The van der Waals surface area contributed by atoms with Crippen molar-refractivity contribution < 1.29 is 19.7 Å². The molecule has 1 aliphatic heterocycles. The van der Waals surface area contributed by atoms with E-state index in [1.54, 1.807) is 0 Å². The molecule has 0 unspecified atom stereocenters. The first-order valence-electron chi connectivity index (χ1n) is 14.4. The zero-order valence-corrected chi connectivity index (χ0v) is 22.8. The van der Waals surface area contributed by atoms with Crippen molar-refractivity contribution in [3.8, 4) is 0 Å². The highest BCUT2D eigenvalue weighted by molar-refractivity contribution is 5.90. The van der Waals surface area contributed by atoms with Gasteiger partial charge in [0, 0.05) is 18.9 Å². The number of aliphatic hydroxyl groups excluding tert-OH is 2. The Morgan fingerprint density at radius 2 is 1.74 bits per heavy atom. The van der Waals surface area contributed by atoms with Crippen molar-refractivity contribution in [2.75, 3.05) is 6.61 Å². The van der Waals surface area contributed by atoms with Crippen LogP contribution >= 0.6 is 0 Å². The highest BCUT2D eigenvalue weighted by atomic mass is 16.6. The third-order valence-corrected chi connectivity index (χ3v) is 12.9. The van der Waals surface area contributed by atoms with E-state index in [0.29, 0.717) is 47.7 Å². The van der Waals surface area contributed by atoms with Gasteiger partial charge in [-0.3, -0.25) is 4.79 Å². The van der Waals surface area contributed by atoms with E-state index in [1.165, 1.54) is 12.8 Å². The van der Waals surface area contributed by atoms with Gasteiger partial charge in [0.05, 0.1) is 17.6 Å². The van der Waals surface area contributed by atoms with Gasteiger partial charge in [-0.05, 0) is 98.2 Å². The quantitative estimate of drug-likeness (QED) is 0.469. The number of carbonyl (C=O) groups is 1. The molecule has 4 aliphatic carbocycles. The molecule has 5 rings (SSSR count). The summed E-state index contributed by atoms with van der Waals surface area (Å²) in [5.41, 5.74) is -0.423. The molecule has 194 valence electrons. The second-order valence-corrected chi connectivity index (χ2v) is 14.4. The first-order chi connectivity index (χ1) is 15.9. The molecule has 1 spiro atoms. The van der Waals surface area contributed by atoms with Crippen LogP contribution in [-0.2, 0) is 9.53 Å². The molecule has 0 aromatic rings. The predicted molar refractivity (Wildman–Crippen MR) is 134 cm³/mol. The molecule has 1 heterocycles. The number of carbonyl (C=O) groups excluding carboxylic acids is 1. The zero-order chi connectivity index (χ0) is 24.8. The minimum atomic E-state index is -0.453. The molecule has 0 aromatic heterocycles. The number of hydrogen-bond donors (Lipinski definition) is 2. The fraction of sp³-hybridized carbons (Fsp3) is 0.967. The van der Waals surface area contributed by atoms with Gasteiger partial charge in [0.15, 0.2) is 0 Å². The van der Waals surface area contributed by atoms with Crippen LogP contribution in [-0.4, -0.2) is 40.4 Å². The molecule has 0 radical (unpaired) electrons. The largest absolute Gasteiger partial charge is 0.396 e. The second-order valence-electron chi connectivity index (χ2n) is 14.4. The summed E-state index contributed by atoms with van der Waals surface area (Å²) >= 11 is 0. The van der Waals surface area contributed by atoms with Gasteiger partial charge >= 0.3 is 0 Å². The SMILES string of the molecule is CC(C)[C@@H](C)[C@]1(C)C[C@@H]1[C@@H](C)[C@H]1CC[C@@H]([C@@H]2C[C@@H]3O[C@@]34C[C@@H](O)CC[C@]4(C)C2=O)[C@]1(C)CCO. The first kappa shape index (κ1) is 25.2. The summed E-state index contributed by atoms with van der Waals surface area (Å²) in [7, 11) is 0. The summed E-state index contributed by atoms with van der Waals surface area (Å²) in [4.78, 5) is 14.2. The lowest BCUT2D eigenvalue weighted by atomic mass is 9.52. The average molecular weight is 475 g/mol. The minimum Gasteiger partial charge on any atom is -0.396 e. The molecule has 12 atom stereocenters. The van der Waals surface area contributed by atoms with Gasteiger partial charge in [0.2, 0.25) is 0 Å². The normalized spacial score (nSPS) is 53.9. The molecule has 4 nitrogen and oxygen atoms in total. The van der Waals surface area contributed by atoms with Crippen LogP contribution in [0.4, 0.5) is 0 Å². The maximum Gasteiger partial charge on any atom is 0.145 e. The van der Waals surface area contributed by atoms with Crippen molar-refractivity contribution in [3.05, 3.63) is 0 Å². The van der Waals surface area contributed by atoms with Gasteiger partial charge in [0.1, 0.15) is 11.4 Å². The third-order valence-electron chi connectivity index (χ3n) is 12.9. The molecule has 0 aromatic carbocycles. The number of epoxide rings is 1. The fourth-order valence-electron chi connectivity index (χ4n) is 10.1. The topological polar surface area (TPSA) is 70.1 Å². The monoisotopic (exact) mass is 474 g/mol. The predicted octanol–water partition coefficient (Wildman–Crippen LogP) is 5.63. The van der Waals surface area contributed by atoms with Gasteiger partial charge in [-0.15, -0.1) is 0 Å². The number of aliphatic hydroxyl groups is 2. The zero-order valence-electron chi connectivity index (χ0n) is 22.8. The minimum absolute atomic E-state index is 0.00150. The Morgan fingerprint density at radius 3 is 2.38 bits per heavy atom. The molecule has 4 saturated carbocycles. The smallest absolute Gasteiger partial charge is 0.145 e. The van der Waals surface area contributed by atoms with E-state index in [-0.39, 0.29) is 30.1 Å². The van der Waals surface area contributed by atoms with E-state index >= 15 is 0 Å². The Hall–Kier alpha value is -0.450. The number of Topliss-reactive ketones (excluding diaryl/α,β-unsaturated/α-hetero) is 1. The van der Waals surface area contributed by atoms with E-state index in [4.69, 9.17) is 4.74 Å². The van der Waals surface area contributed by atoms with Gasteiger partial charge in [0.25, 0.3) is 0 Å². The Kier molecular flexibility index (Phi) is 5.95. The maximum absolute atomic E-state index is 14.2. The highest BCUT2D eigenvalue weighted by Gasteiger charge is 2.76. The summed E-state index contributed by atoms with van der Waals surface area (Å²) < 4.78 is 6.30. The molecule has 5 aliphatic rings. The van der Waals surface area contributed by atoms with Gasteiger partial charge < -0.3 is 14.9 Å². The Morgan fingerprint density at radius 1 is 1.03 bits per heavy atom. The molecule has 4 heteroatoms. The van der Waals surface area contributed by atoms with Crippen LogP contribution in [0, 0.1) is 57.7 Å². The number of rotatable bonds is 7. The maximum atomic E-state index is 14.2. The molecule has 0 amide bonds. The van der Waals surface area contributed by atoms with Crippen molar-refractivity contribution in [3.63, 3.8) is 0 Å². The van der Waals surface area contributed by atoms with E-state index in [1.807, 2.05) is 0 Å². The van der Waals surface area contributed by atoms with Gasteiger partial charge in [-0.25, -0.2) is 0 Å². The van der Waals surface area contributed by atoms with Crippen LogP contribution in [0.2, 0.25) is 0 Å². The van der Waals surface area contributed by atoms with Gasteiger partial charge in [-0.1, -0.05) is 41.5 Å². The number of hydrogen-bond acceptors (Lipinski definition) is 4. The van der Waals surface area contributed by atoms with E-state index in [0.717, 1.165) is 37.5 Å². The van der Waals surface area contributed by atoms with E-state index < -0.39 is 11.0 Å². The Bertz CT molecular complexity index is 825. The lowest BCUT2D eigenvalue weighted by Crippen LogP contribution is -2.57. The average Bonchev–Trinajstić information content (AvgIpc) is 3.63. The van der Waals surface area contributed by atoms with Crippen molar-refractivity contribution in [1.82, 2.24) is 0 Å². The van der Waals surface area contributed by atoms with Crippen LogP contribution in [0.15, 0.2) is 0 Å². The molecule has 1 saturated heterocycles. The summed E-state index contributed by atoms with van der Waals surface area (Å²) in [6, 6.07) is 0. The summed E-state index contributed by atoms with van der Waals surface area (Å²) in [6.45, 7) is 16.9. The lowest BCUT2D eigenvalue weighted by Gasteiger charge is -2.49. The van der Waals surface area contributed by atoms with Crippen molar-refractivity contribution >= 4 is 5.78 Å². The number of ketones is 1. The molecule has 34 heavy (non-hydrogen) atoms. The van der Waals surface area contributed by atoms with Crippen LogP contribution in [0.25, 0.3) is 0 Å². The van der Waals surface area contributed by atoms with Crippen LogP contribution in [0.5, 0.6) is 0 Å². The van der Waals surface area contributed by atoms with Crippen molar-refractivity contribution in [2.24, 2.45) is 57.7 Å². The molecular weight excluding hydrogens is 424 g/mol. The van der Waals surface area contributed by atoms with Crippen molar-refractivity contribution in [1.29, 1.82) is 0 Å². The molecule has 5 fully saturated rings. The molecule has 2 N–H and O–H groups in total. The van der Waals surface area contributed by atoms with E-state index in [9.17, 15) is 15.0 Å². The Balaban J connectivity index is 1.38. The molecular formula is C30H50O4.